The number of halogens is 1. The molecule has 152 valence electrons. The number of hydrogen-bond acceptors (Lipinski definition) is 6. The Labute approximate surface area is 177 Å². The highest BCUT2D eigenvalue weighted by Gasteiger charge is 2.42. The molecule has 1 aliphatic rings. The van der Waals surface area contributed by atoms with Gasteiger partial charge in [0.1, 0.15) is 5.15 Å². The molecule has 0 aliphatic carbocycles. The highest BCUT2D eigenvalue weighted by Crippen LogP contribution is 2.25. The van der Waals surface area contributed by atoms with E-state index in [2.05, 4.69) is 21.9 Å². The van der Waals surface area contributed by atoms with Crippen molar-refractivity contribution < 1.29 is 19.4 Å². The first-order chi connectivity index (χ1) is 14.3. The fraction of sp³-hybridized carbons (Fsp3) is 0.238. The first kappa shape index (κ1) is 19.9. The average molecular weight is 425 g/mol. The molecule has 1 fully saturated rings. The molecule has 1 unspecified atom stereocenters. The Bertz CT molecular complexity index is 1240. The Kier molecular flexibility index (Phi) is 4.94. The van der Waals surface area contributed by atoms with E-state index < -0.39 is 17.5 Å². The first-order valence-electron chi connectivity index (χ1n) is 9.06. The zero-order valence-electron chi connectivity index (χ0n) is 16.2. The van der Waals surface area contributed by atoms with Gasteiger partial charge in [-0.15, -0.1) is 0 Å². The zero-order valence-corrected chi connectivity index (χ0v) is 17.0. The molecule has 0 bridgehead atoms. The van der Waals surface area contributed by atoms with Crippen molar-refractivity contribution >= 4 is 34.4 Å². The molecule has 0 radical (unpaired) electrons. The number of benzene rings is 1. The van der Waals surface area contributed by atoms with Crippen LogP contribution in [0.1, 0.15) is 22.5 Å². The molecular formula is C21H17ClN4O4. The molecule has 3 heterocycles. The minimum absolute atomic E-state index is 0.113. The van der Waals surface area contributed by atoms with Gasteiger partial charge in [-0.05, 0) is 18.2 Å². The predicted octanol–water partition coefficient (Wildman–Crippen LogP) is 1.81. The topological polar surface area (TPSA) is 97.5 Å². The van der Waals surface area contributed by atoms with Crippen LogP contribution in [0.3, 0.4) is 0 Å². The highest BCUT2D eigenvalue weighted by atomic mass is 35.5. The van der Waals surface area contributed by atoms with Gasteiger partial charge in [-0.3, -0.25) is 4.79 Å². The third-order valence-corrected chi connectivity index (χ3v) is 5.13. The van der Waals surface area contributed by atoms with Gasteiger partial charge in [0.2, 0.25) is 5.60 Å². The van der Waals surface area contributed by atoms with Crippen molar-refractivity contribution in [3.8, 4) is 17.5 Å². The molecule has 30 heavy (non-hydrogen) atoms. The van der Waals surface area contributed by atoms with E-state index in [0.29, 0.717) is 28.7 Å². The second-order valence-corrected chi connectivity index (χ2v) is 7.30. The van der Waals surface area contributed by atoms with Crippen molar-refractivity contribution in [2.45, 2.75) is 12.0 Å². The monoisotopic (exact) mass is 424 g/mol. The van der Waals surface area contributed by atoms with Gasteiger partial charge in [-0.2, -0.15) is 5.10 Å². The lowest BCUT2D eigenvalue weighted by Crippen LogP contribution is -2.37. The summed E-state index contributed by atoms with van der Waals surface area (Å²) >= 11 is 6.04. The van der Waals surface area contributed by atoms with Gasteiger partial charge in [0, 0.05) is 37.8 Å². The number of methoxy groups -OCH3 is 1. The molecule has 1 amide bonds. The number of nitrogens with zero attached hydrogens (tertiary/aromatic N) is 4. The first-order valence-corrected chi connectivity index (χ1v) is 9.44. The Hall–Kier alpha value is -3.41. The van der Waals surface area contributed by atoms with Crippen LogP contribution < -0.4 is 0 Å². The largest absolute Gasteiger partial charge is 0.464 e. The van der Waals surface area contributed by atoms with Crippen molar-refractivity contribution in [3.05, 3.63) is 52.9 Å². The van der Waals surface area contributed by atoms with Crippen LogP contribution in [0, 0.1) is 11.8 Å². The van der Waals surface area contributed by atoms with E-state index in [1.165, 1.54) is 18.2 Å². The number of ether oxygens (including phenoxy) is 1. The molecule has 1 aromatic carbocycles. The van der Waals surface area contributed by atoms with Crippen molar-refractivity contribution in [1.29, 1.82) is 0 Å². The van der Waals surface area contributed by atoms with Crippen LogP contribution in [0.2, 0.25) is 5.15 Å². The van der Waals surface area contributed by atoms with E-state index in [-0.39, 0.29) is 17.3 Å². The maximum Gasteiger partial charge on any atom is 0.359 e. The van der Waals surface area contributed by atoms with Crippen molar-refractivity contribution in [1.82, 2.24) is 19.7 Å². The summed E-state index contributed by atoms with van der Waals surface area (Å²) in [6.07, 6.45) is 1.72. The van der Waals surface area contributed by atoms with E-state index in [1.54, 1.807) is 42.1 Å². The van der Waals surface area contributed by atoms with E-state index in [4.69, 9.17) is 16.3 Å². The standard InChI is InChI=1S/C21H17ClN4O4/c1-25-9-8-21(29,20(25)28)7-6-13-4-3-5-14(10-13)26-16-11-17(22)23-12-15(16)18(24-26)19(27)30-2/h3-5,10-12,29H,8-9H2,1-2H3. The Balaban J connectivity index is 1.78. The SMILES string of the molecule is COC(=O)c1nn(-c2cccc(C#CC3(O)CCN(C)C3=O)c2)c2cc(Cl)ncc12. The average Bonchev–Trinajstić information content (AvgIpc) is 3.25. The molecule has 1 aliphatic heterocycles. The van der Waals surface area contributed by atoms with E-state index in [0.717, 1.165) is 0 Å². The van der Waals surface area contributed by atoms with Crippen LogP contribution in [0.4, 0.5) is 0 Å². The normalized spacial score (nSPS) is 18.4. The number of carbonyl (C=O) groups excluding carboxylic acids is 2. The van der Waals surface area contributed by atoms with Crippen LogP contribution >= 0.6 is 11.6 Å². The van der Waals surface area contributed by atoms with Gasteiger partial charge in [0.15, 0.2) is 5.69 Å². The fourth-order valence-electron chi connectivity index (χ4n) is 3.29. The van der Waals surface area contributed by atoms with Crippen LogP contribution in [-0.2, 0) is 9.53 Å². The smallest absolute Gasteiger partial charge is 0.359 e. The molecule has 3 aromatic rings. The van der Waals surface area contributed by atoms with Gasteiger partial charge in [0.05, 0.1) is 23.7 Å². The third kappa shape index (κ3) is 3.38. The van der Waals surface area contributed by atoms with E-state index >= 15 is 0 Å². The van der Waals surface area contributed by atoms with Gasteiger partial charge in [-0.1, -0.05) is 29.5 Å². The number of aliphatic hydroxyl groups is 1. The number of fused-ring (bicyclic) bond motifs is 1. The molecule has 9 heteroatoms. The summed E-state index contributed by atoms with van der Waals surface area (Å²) in [5.74, 6) is 4.56. The summed E-state index contributed by atoms with van der Waals surface area (Å²) in [7, 11) is 2.91. The summed E-state index contributed by atoms with van der Waals surface area (Å²) in [5, 5.41) is 15.6. The Morgan fingerprint density at radius 1 is 1.37 bits per heavy atom. The maximum atomic E-state index is 12.1. The molecule has 8 nitrogen and oxygen atoms in total. The van der Waals surface area contributed by atoms with Crippen molar-refractivity contribution in [2.75, 3.05) is 20.7 Å². The maximum absolute atomic E-state index is 12.1. The van der Waals surface area contributed by atoms with Crippen LogP contribution in [0.25, 0.3) is 16.6 Å². The van der Waals surface area contributed by atoms with Gasteiger partial charge < -0.3 is 14.7 Å². The number of esters is 1. The summed E-state index contributed by atoms with van der Waals surface area (Å²) in [5.41, 5.74) is 0.201. The molecule has 2 aromatic heterocycles. The number of likely N-dealkylation sites (tertiary alicyclic amines) is 1. The van der Waals surface area contributed by atoms with Crippen LogP contribution in [0.15, 0.2) is 36.5 Å². The number of aromatic nitrogens is 3. The molecule has 0 spiro atoms. The van der Waals surface area contributed by atoms with Crippen LogP contribution in [0.5, 0.6) is 0 Å². The summed E-state index contributed by atoms with van der Waals surface area (Å²) < 4.78 is 6.36. The molecule has 0 saturated carbocycles. The van der Waals surface area contributed by atoms with E-state index in [1.807, 2.05) is 0 Å². The lowest BCUT2D eigenvalue weighted by atomic mass is 10.0. The van der Waals surface area contributed by atoms with Gasteiger partial charge >= 0.3 is 5.97 Å². The fourth-order valence-corrected chi connectivity index (χ4v) is 3.44. The van der Waals surface area contributed by atoms with E-state index in [9.17, 15) is 14.7 Å². The number of likely N-dealkylation sites (N-methyl/N-ethyl adjacent to an activating group) is 1. The summed E-state index contributed by atoms with van der Waals surface area (Å²) in [6, 6.07) is 8.65. The number of carbonyl (C=O) groups is 2. The zero-order chi connectivity index (χ0) is 21.5. The lowest BCUT2D eigenvalue weighted by molar-refractivity contribution is -0.137. The lowest BCUT2D eigenvalue weighted by Gasteiger charge is -2.13. The number of hydrogen-bond donors (Lipinski definition) is 1. The molecular weight excluding hydrogens is 408 g/mol. The predicted molar refractivity (Wildman–Crippen MR) is 109 cm³/mol. The Morgan fingerprint density at radius 2 is 2.17 bits per heavy atom. The summed E-state index contributed by atoms with van der Waals surface area (Å²) in [6.45, 7) is 0.453. The number of pyridine rings is 1. The van der Waals surface area contributed by atoms with Gasteiger partial charge in [-0.25, -0.2) is 14.5 Å². The quantitative estimate of drug-likeness (QED) is 0.383. The number of amides is 1. The third-order valence-electron chi connectivity index (χ3n) is 4.92. The minimum Gasteiger partial charge on any atom is -0.464 e. The van der Waals surface area contributed by atoms with Gasteiger partial charge in [0.25, 0.3) is 5.91 Å². The van der Waals surface area contributed by atoms with Crippen molar-refractivity contribution in [2.24, 2.45) is 0 Å². The van der Waals surface area contributed by atoms with Crippen LogP contribution in [-0.4, -0.2) is 63.0 Å². The van der Waals surface area contributed by atoms with Crippen molar-refractivity contribution in [3.63, 3.8) is 0 Å². The molecule has 4 rings (SSSR count). The second kappa shape index (κ2) is 7.44. The summed E-state index contributed by atoms with van der Waals surface area (Å²) in [4.78, 5) is 29.7. The second-order valence-electron chi connectivity index (χ2n) is 6.91. The minimum atomic E-state index is -1.68. The number of rotatable bonds is 2. The molecule has 1 N–H and O–H groups in total. The molecule has 1 saturated heterocycles. The molecule has 1 atom stereocenters. The Morgan fingerprint density at radius 3 is 2.87 bits per heavy atom. The highest BCUT2D eigenvalue weighted by molar-refractivity contribution is 6.30.